The first-order valence-corrected chi connectivity index (χ1v) is 10.5. The zero-order valence-corrected chi connectivity index (χ0v) is 20.6. The number of aliphatic carboxylic acids is 1. The lowest BCUT2D eigenvalue weighted by atomic mass is 10.3. The average Bonchev–Trinajstić information content (AvgIpc) is 2.59. The summed E-state index contributed by atoms with van der Waals surface area (Å²) in [6.45, 7) is 16.8. The van der Waals surface area contributed by atoms with Crippen LogP contribution in [-0.2, 0) is 24.5 Å². The summed E-state index contributed by atoms with van der Waals surface area (Å²) in [5.74, 6) is -1.70. The predicted octanol–water partition coefficient (Wildman–Crippen LogP) is -1.82. The van der Waals surface area contributed by atoms with E-state index in [4.69, 9.17) is 9.66 Å². The molecule has 10 nitrogen and oxygen atoms in total. The summed E-state index contributed by atoms with van der Waals surface area (Å²) in [6.07, 6.45) is 4.31. The van der Waals surface area contributed by atoms with Crippen molar-refractivity contribution >= 4 is 27.9 Å². The van der Waals surface area contributed by atoms with E-state index >= 15 is 0 Å². The zero-order chi connectivity index (χ0) is 25.0. The van der Waals surface area contributed by atoms with Crippen molar-refractivity contribution < 1.29 is 49.4 Å². The van der Waals surface area contributed by atoms with E-state index in [-0.39, 0.29) is 30.0 Å². The Hall–Kier alpha value is -2.21. The topological polar surface area (TPSA) is 164 Å². The molecule has 0 aromatic heterocycles. The van der Waals surface area contributed by atoms with Gasteiger partial charge in [-0.2, -0.15) is 8.42 Å². The summed E-state index contributed by atoms with van der Waals surface area (Å²) in [4.78, 5) is 29.5. The molecule has 0 fully saturated rings. The molecule has 0 spiro atoms. The molecule has 0 atom stereocenters. The number of carboxylic acid groups (broad SMARTS) is 1. The van der Waals surface area contributed by atoms with Crippen LogP contribution in [0.4, 0.5) is 0 Å². The minimum atomic E-state index is -3.72. The van der Waals surface area contributed by atoms with Crippen molar-refractivity contribution in [3.05, 3.63) is 38.0 Å². The first-order valence-electron chi connectivity index (χ1n) is 8.92. The number of hydrogen-bond donors (Lipinski definition) is 4. The van der Waals surface area contributed by atoms with Gasteiger partial charge in [-0.1, -0.05) is 40.5 Å². The zero-order valence-electron chi connectivity index (χ0n) is 19.0. The fourth-order valence-electron chi connectivity index (χ4n) is 1.47. The third kappa shape index (κ3) is 52.4. The summed E-state index contributed by atoms with van der Waals surface area (Å²) in [6, 6.07) is 0. The molecule has 0 aliphatic heterocycles. The second kappa shape index (κ2) is 22.5. The molecule has 0 rings (SSSR count). The average molecular weight is 488 g/mol. The van der Waals surface area contributed by atoms with Crippen LogP contribution >= 0.6 is 0 Å². The maximum absolute atomic E-state index is 10.8. The van der Waals surface area contributed by atoms with Crippen molar-refractivity contribution in [2.24, 2.45) is 11.7 Å². The molecule has 184 valence electrons. The smallest absolute Gasteiger partial charge is 0.327 e. The normalized spacial score (nSPS) is 9.52. The summed E-state index contributed by atoms with van der Waals surface area (Å²) in [5.41, 5.74) is 4.53. The number of primary amides is 1. The minimum absolute atomic E-state index is 0. The number of amides is 2. The summed E-state index contributed by atoms with van der Waals surface area (Å²) in [5, 5.41) is 10.4. The van der Waals surface area contributed by atoms with Gasteiger partial charge in [-0.15, -0.1) is 0 Å². The number of carbonyl (C=O) groups is 3. The molecule has 0 aliphatic carbocycles. The van der Waals surface area contributed by atoms with Crippen molar-refractivity contribution in [3.8, 4) is 0 Å². The van der Waals surface area contributed by atoms with E-state index in [1.807, 2.05) is 0 Å². The van der Waals surface area contributed by atoms with E-state index in [0.29, 0.717) is 6.67 Å². The van der Waals surface area contributed by atoms with Gasteiger partial charge in [0.25, 0.3) is 10.1 Å². The summed E-state index contributed by atoms with van der Waals surface area (Å²) < 4.78 is 29.0. The van der Waals surface area contributed by atoms with E-state index in [1.165, 1.54) is 6.08 Å². The fraction of sp³-hybridized carbons (Fsp3) is 0.526. The molecule has 31 heavy (non-hydrogen) atoms. The van der Waals surface area contributed by atoms with E-state index in [9.17, 15) is 22.8 Å². The molecule has 0 aliphatic rings. The molecule has 12 heteroatoms. The number of carbonyl (C=O) groups excluding carboxylic acids is 2. The Morgan fingerprint density at radius 1 is 1.10 bits per heavy atom. The van der Waals surface area contributed by atoms with Crippen LogP contribution in [0.15, 0.2) is 38.0 Å². The van der Waals surface area contributed by atoms with Gasteiger partial charge in [-0.05, 0) is 24.5 Å². The summed E-state index contributed by atoms with van der Waals surface area (Å²) in [7, 11) is 0.457. The van der Waals surface area contributed by atoms with Crippen LogP contribution in [0.1, 0.15) is 27.2 Å². The Balaban J connectivity index is -0.000000103. The van der Waals surface area contributed by atoms with Gasteiger partial charge in [0.05, 0.1) is 26.4 Å². The highest BCUT2D eigenvalue weighted by atomic mass is 35.5. The second-order valence-electron chi connectivity index (χ2n) is 6.85. The number of hydrogen-bond acceptors (Lipinski definition) is 5. The van der Waals surface area contributed by atoms with Crippen LogP contribution in [0.5, 0.6) is 0 Å². The lowest BCUT2D eigenvalue weighted by molar-refractivity contribution is -0.892. The van der Waals surface area contributed by atoms with Crippen molar-refractivity contribution in [1.82, 2.24) is 5.32 Å². The Morgan fingerprint density at radius 2 is 1.48 bits per heavy atom. The lowest BCUT2D eigenvalue weighted by Gasteiger charge is -2.28. The largest absolute Gasteiger partial charge is 1.00 e. The Bertz CT molecular complexity index is 631. The molecular weight excluding hydrogens is 450 g/mol. The molecule has 2 amide bonds. The molecule has 0 bridgehead atoms. The highest BCUT2D eigenvalue weighted by Crippen LogP contribution is 1.96. The highest BCUT2D eigenvalue weighted by molar-refractivity contribution is 7.85. The number of quaternary nitrogens is 1. The van der Waals surface area contributed by atoms with Crippen LogP contribution in [0.25, 0.3) is 0 Å². The molecule has 0 saturated heterocycles. The number of carboxylic acids is 1. The first kappa shape index (κ1) is 39.3. The van der Waals surface area contributed by atoms with E-state index in [2.05, 4.69) is 51.8 Å². The SMILES string of the molecule is C=CC(=O)NC[N+](C)(C)CCC.C=CC(=O)O.C=CC(N)=O.CC(C)CS(=O)(=O)O.[Cl-]. The third-order valence-corrected chi connectivity index (χ3v) is 3.70. The second-order valence-corrected chi connectivity index (χ2v) is 8.35. The number of nitrogens with two attached hydrogens (primary N) is 1. The van der Waals surface area contributed by atoms with Crippen LogP contribution < -0.4 is 23.5 Å². The van der Waals surface area contributed by atoms with Gasteiger partial charge >= 0.3 is 5.97 Å². The fourth-order valence-corrected chi connectivity index (χ4v) is 2.31. The van der Waals surface area contributed by atoms with E-state index in [1.54, 1.807) is 13.8 Å². The molecule has 0 unspecified atom stereocenters. The van der Waals surface area contributed by atoms with Gasteiger partial charge in [-0.25, -0.2) is 4.79 Å². The third-order valence-electron chi connectivity index (χ3n) is 2.62. The monoisotopic (exact) mass is 487 g/mol. The lowest BCUT2D eigenvalue weighted by Crippen LogP contribution is -3.00. The number of halogens is 1. The van der Waals surface area contributed by atoms with Crippen LogP contribution in [0.2, 0.25) is 0 Å². The highest BCUT2D eigenvalue weighted by Gasteiger charge is 2.13. The predicted molar refractivity (Wildman–Crippen MR) is 119 cm³/mol. The molecular formula is C19H38ClN3O7S. The number of nitrogens with one attached hydrogen (secondary N) is 1. The van der Waals surface area contributed by atoms with Gasteiger partial charge in [0.1, 0.15) is 0 Å². The number of rotatable bonds is 9. The van der Waals surface area contributed by atoms with E-state index in [0.717, 1.165) is 29.6 Å². The Morgan fingerprint density at radius 3 is 1.65 bits per heavy atom. The van der Waals surface area contributed by atoms with Gasteiger partial charge in [0.15, 0.2) is 6.67 Å². The quantitative estimate of drug-likeness (QED) is 0.129. The Labute approximate surface area is 192 Å². The number of nitrogens with zero attached hydrogens (tertiary/aromatic N) is 1. The maximum Gasteiger partial charge on any atom is 0.327 e. The molecule has 0 radical (unpaired) electrons. The van der Waals surface area contributed by atoms with Gasteiger partial charge in [0, 0.05) is 6.08 Å². The van der Waals surface area contributed by atoms with Crippen LogP contribution in [-0.4, -0.2) is 73.4 Å². The van der Waals surface area contributed by atoms with Crippen molar-refractivity contribution in [2.75, 3.05) is 33.1 Å². The molecule has 5 N–H and O–H groups in total. The van der Waals surface area contributed by atoms with Crippen LogP contribution in [0, 0.1) is 5.92 Å². The van der Waals surface area contributed by atoms with Crippen LogP contribution in [0.3, 0.4) is 0 Å². The van der Waals surface area contributed by atoms with Crippen molar-refractivity contribution in [2.45, 2.75) is 27.2 Å². The summed E-state index contributed by atoms with van der Waals surface area (Å²) >= 11 is 0. The van der Waals surface area contributed by atoms with Gasteiger partial charge < -0.3 is 33.0 Å². The molecule has 0 saturated carbocycles. The molecule has 0 heterocycles. The standard InChI is InChI=1S/C9H18N2O.C4H10O3S.C3H5NO.C3H4O2.ClH/c1-5-7-11(3,4)8-10-9(12)6-2;1-4(2)3-8(5,6)7;2*1-2-3(4)5;/h6H,2,5,7-8H2,1,3-4H3;4H,3H2,1-2H3,(H,5,6,7);2H,1H2,(H2,4,5);2H,1H2,(H,4,5);1H. The first-order chi connectivity index (χ1) is 13.5. The van der Waals surface area contributed by atoms with E-state index < -0.39 is 22.0 Å². The van der Waals surface area contributed by atoms with Gasteiger partial charge in [-0.3, -0.25) is 14.1 Å². The van der Waals surface area contributed by atoms with Crippen molar-refractivity contribution in [3.63, 3.8) is 0 Å². The van der Waals surface area contributed by atoms with Crippen molar-refractivity contribution in [1.29, 1.82) is 0 Å². The molecule has 0 aromatic carbocycles. The van der Waals surface area contributed by atoms with Gasteiger partial charge in [0.2, 0.25) is 11.8 Å². The molecule has 0 aromatic rings. The maximum atomic E-state index is 10.8. The Kier molecular flexibility index (Phi) is 28.5. The minimum Gasteiger partial charge on any atom is -1.00 e.